The molecule has 5 rings (SSSR count). The lowest BCUT2D eigenvalue weighted by Crippen LogP contribution is -2.54. The molecular weight excluding hydrogens is 683 g/mol. The number of amides is 3. The van der Waals surface area contributed by atoms with E-state index < -0.39 is 17.7 Å². The average molecular weight is 734 g/mol. The van der Waals surface area contributed by atoms with E-state index in [1.807, 2.05) is 68.6 Å². The van der Waals surface area contributed by atoms with Gasteiger partial charge >= 0.3 is 6.09 Å². The van der Waals surface area contributed by atoms with Crippen LogP contribution in [0.15, 0.2) is 97.1 Å². The molecule has 1 aliphatic rings. The highest BCUT2D eigenvalue weighted by molar-refractivity contribution is 6.09. The van der Waals surface area contributed by atoms with E-state index in [2.05, 4.69) is 15.1 Å². The maximum atomic E-state index is 13.7. The largest absolute Gasteiger partial charge is 0.490 e. The summed E-state index contributed by atoms with van der Waals surface area (Å²) in [6.07, 6.45) is 0.369. The van der Waals surface area contributed by atoms with Gasteiger partial charge in [-0.15, -0.1) is 0 Å². The molecule has 1 aliphatic heterocycles. The van der Waals surface area contributed by atoms with Gasteiger partial charge in [0.25, 0.3) is 11.8 Å². The SMILES string of the molecule is Cc1ccc(-c2ccccc2C(=O)Nc2ccc(C(=O)N(C)c3ccccc3OCCN(CC(C=O)N3CCN(C)CC3)C(=O)OC(C)(C)C)cc2)cc1. The quantitative estimate of drug-likeness (QED) is 0.153. The lowest BCUT2D eigenvalue weighted by molar-refractivity contribution is -0.113. The van der Waals surface area contributed by atoms with E-state index in [1.54, 1.807) is 70.3 Å². The third-order valence-electron chi connectivity index (χ3n) is 9.30. The fourth-order valence-electron chi connectivity index (χ4n) is 6.19. The number of rotatable bonds is 13. The van der Waals surface area contributed by atoms with Crippen LogP contribution in [-0.4, -0.2) is 111 Å². The van der Waals surface area contributed by atoms with E-state index in [0.717, 1.165) is 49.2 Å². The van der Waals surface area contributed by atoms with Crippen LogP contribution in [0.3, 0.4) is 0 Å². The summed E-state index contributed by atoms with van der Waals surface area (Å²) in [7, 11) is 3.71. The van der Waals surface area contributed by atoms with Crippen molar-refractivity contribution >= 4 is 35.6 Å². The van der Waals surface area contributed by atoms with Gasteiger partial charge in [0, 0.05) is 56.6 Å². The van der Waals surface area contributed by atoms with Gasteiger partial charge < -0.3 is 34.3 Å². The molecule has 54 heavy (non-hydrogen) atoms. The van der Waals surface area contributed by atoms with Crippen LogP contribution in [0.5, 0.6) is 5.75 Å². The maximum Gasteiger partial charge on any atom is 0.410 e. The van der Waals surface area contributed by atoms with Gasteiger partial charge in [0.1, 0.15) is 24.2 Å². The van der Waals surface area contributed by atoms with E-state index in [4.69, 9.17) is 9.47 Å². The molecule has 1 fully saturated rings. The highest BCUT2D eigenvalue weighted by atomic mass is 16.6. The van der Waals surface area contributed by atoms with Crippen molar-refractivity contribution in [2.24, 2.45) is 0 Å². The molecule has 1 unspecified atom stereocenters. The standard InChI is InChI=1S/C43H51N5O6/c1-31-15-17-32(18-16-31)36-11-7-8-12-37(36)40(50)44-34-21-19-33(20-22-34)41(51)46(6)38-13-9-10-14-39(38)53-28-27-48(42(52)54-43(2,3)4)29-35(30-49)47-25-23-45(5)24-26-47/h7-22,30,35H,23-29H2,1-6H3,(H,44,50). The molecule has 1 heterocycles. The number of hydrogen-bond donors (Lipinski definition) is 1. The number of carbonyl (C=O) groups excluding carboxylic acids is 4. The normalized spacial score (nSPS) is 14.1. The smallest absolute Gasteiger partial charge is 0.410 e. The maximum absolute atomic E-state index is 13.7. The zero-order valence-electron chi connectivity index (χ0n) is 32.1. The van der Waals surface area contributed by atoms with Gasteiger partial charge in [-0.2, -0.15) is 0 Å². The molecule has 0 spiro atoms. The molecule has 0 bridgehead atoms. The lowest BCUT2D eigenvalue weighted by Gasteiger charge is -2.37. The molecule has 0 aliphatic carbocycles. The first kappa shape index (κ1) is 39.7. The number of hydrogen-bond acceptors (Lipinski definition) is 8. The number of anilines is 2. The van der Waals surface area contributed by atoms with Crippen molar-refractivity contribution in [3.63, 3.8) is 0 Å². The summed E-state index contributed by atoms with van der Waals surface area (Å²) >= 11 is 0. The van der Waals surface area contributed by atoms with Crippen LogP contribution in [-0.2, 0) is 9.53 Å². The minimum atomic E-state index is -0.715. The first-order valence-electron chi connectivity index (χ1n) is 18.3. The first-order valence-corrected chi connectivity index (χ1v) is 18.3. The van der Waals surface area contributed by atoms with Gasteiger partial charge in [-0.3, -0.25) is 14.5 Å². The van der Waals surface area contributed by atoms with Crippen molar-refractivity contribution in [3.8, 4) is 16.9 Å². The van der Waals surface area contributed by atoms with Gasteiger partial charge in [0.2, 0.25) is 0 Å². The summed E-state index contributed by atoms with van der Waals surface area (Å²) in [5, 5.41) is 2.96. The van der Waals surface area contributed by atoms with Crippen LogP contribution < -0.4 is 15.0 Å². The van der Waals surface area contributed by atoms with Gasteiger partial charge in [-0.25, -0.2) is 4.79 Å². The second kappa shape index (κ2) is 18.0. The van der Waals surface area contributed by atoms with E-state index >= 15 is 0 Å². The molecule has 1 atom stereocenters. The number of piperazine rings is 1. The Morgan fingerprint density at radius 2 is 1.52 bits per heavy atom. The van der Waals surface area contributed by atoms with Crippen LogP contribution in [0, 0.1) is 6.92 Å². The second-order valence-corrected chi connectivity index (χ2v) is 14.6. The molecule has 1 saturated heterocycles. The number of ether oxygens (including phenoxy) is 2. The Bertz CT molecular complexity index is 1900. The van der Waals surface area contributed by atoms with Gasteiger partial charge in [0.15, 0.2) is 0 Å². The number of nitrogens with zero attached hydrogens (tertiary/aromatic N) is 4. The van der Waals surface area contributed by atoms with Crippen LogP contribution in [0.4, 0.5) is 16.2 Å². The molecule has 0 aromatic heterocycles. The van der Waals surface area contributed by atoms with Gasteiger partial charge in [-0.1, -0.05) is 60.2 Å². The molecular formula is C43H51N5O6. The van der Waals surface area contributed by atoms with E-state index in [1.165, 1.54) is 9.80 Å². The molecule has 4 aromatic rings. The van der Waals surface area contributed by atoms with E-state index in [9.17, 15) is 19.2 Å². The Labute approximate surface area is 318 Å². The topological polar surface area (TPSA) is 112 Å². The van der Waals surface area contributed by atoms with Crippen LogP contribution in [0.2, 0.25) is 0 Å². The molecule has 3 amide bonds. The fourth-order valence-corrected chi connectivity index (χ4v) is 6.19. The summed E-state index contributed by atoms with van der Waals surface area (Å²) < 4.78 is 11.9. The molecule has 284 valence electrons. The van der Waals surface area contributed by atoms with Crippen LogP contribution >= 0.6 is 0 Å². The van der Waals surface area contributed by atoms with Crippen molar-refractivity contribution in [2.45, 2.75) is 39.3 Å². The first-order chi connectivity index (χ1) is 25.8. The minimum Gasteiger partial charge on any atom is -0.490 e. The van der Waals surface area contributed by atoms with E-state index in [0.29, 0.717) is 28.3 Å². The Morgan fingerprint density at radius 1 is 0.870 bits per heavy atom. The van der Waals surface area contributed by atoms with Crippen LogP contribution in [0.1, 0.15) is 47.1 Å². The number of aldehydes is 1. The third-order valence-corrected chi connectivity index (χ3v) is 9.30. The number of likely N-dealkylation sites (N-methyl/N-ethyl adjacent to an activating group) is 1. The molecule has 11 heteroatoms. The monoisotopic (exact) mass is 733 g/mol. The number of aryl methyl sites for hydroxylation is 1. The van der Waals surface area contributed by atoms with Gasteiger partial charge in [-0.05, 0) is 88.3 Å². The Kier molecular flexibility index (Phi) is 13.2. The van der Waals surface area contributed by atoms with Gasteiger partial charge in [0.05, 0.1) is 18.3 Å². The summed E-state index contributed by atoms with van der Waals surface area (Å²) in [6.45, 7) is 11.0. The third kappa shape index (κ3) is 10.5. The molecule has 4 aromatic carbocycles. The fraction of sp³-hybridized carbons (Fsp3) is 0.349. The number of nitrogens with one attached hydrogen (secondary N) is 1. The van der Waals surface area contributed by atoms with Crippen molar-refractivity contribution in [3.05, 3.63) is 114 Å². The van der Waals surface area contributed by atoms with E-state index in [-0.39, 0.29) is 31.5 Å². The number of carbonyl (C=O) groups is 4. The molecule has 1 N–H and O–H groups in total. The molecule has 0 radical (unpaired) electrons. The Balaban J connectivity index is 1.23. The summed E-state index contributed by atoms with van der Waals surface area (Å²) in [5.41, 5.74) is 4.27. The lowest BCUT2D eigenvalue weighted by atomic mass is 9.98. The summed E-state index contributed by atoms with van der Waals surface area (Å²) in [6, 6.07) is 29.0. The van der Waals surface area contributed by atoms with Crippen molar-refractivity contribution in [2.75, 3.05) is 70.2 Å². The van der Waals surface area contributed by atoms with Crippen molar-refractivity contribution in [1.82, 2.24) is 14.7 Å². The zero-order valence-corrected chi connectivity index (χ0v) is 32.1. The van der Waals surface area contributed by atoms with Crippen molar-refractivity contribution in [1.29, 1.82) is 0 Å². The second-order valence-electron chi connectivity index (χ2n) is 14.6. The predicted octanol–water partition coefficient (Wildman–Crippen LogP) is 6.62. The number of para-hydroxylation sites is 2. The number of benzene rings is 4. The summed E-state index contributed by atoms with van der Waals surface area (Å²) in [4.78, 5) is 59.8. The predicted molar refractivity (Wildman–Crippen MR) is 212 cm³/mol. The molecule has 11 nitrogen and oxygen atoms in total. The highest BCUT2D eigenvalue weighted by Crippen LogP contribution is 2.29. The summed E-state index contributed by atoms with van der Waals surface area (Å²) in [5.74, 6) is -0.0654. The van der Waals surface area contributed by atoms with Crippen LogP contribution in [0.25, 0.3) is 11.1 Å². The van der Waals surface area contributed by atoms with Crippen molar-refractivity contribution < 1.29 is 28.7 Å². The Morgan fingerprint density at radius 3 is 2.19 bits per heavy atom. The zero-order chi connectivity index (χ0) is 38.8. The average Bonchev–Trinajstić information content (AvgIpc) is 3.16. The molecule has 0 saturated carbocycles. The minimum absolute atomic E-state index is 0.105. The Hall–Kier alpha value is -5.52. The highest BCUT2D eigenvalue weighted by Gasteiger charge is 2.29.